The number of likely N-dealkylation sites (tertiary alicyclic amines) is 1. The van der Waals surface area contributed by atoms with E-state index >= 15 is 0 Å². The van der Waals surface area contributed by atoms with Crippen LogP contribution in [0.1, 0.15) is 48.5 Å². The number of hydrogen-bond donors (Lipinski definition) is 2. The highest BCUT2D eigenvalue weighted by molar-refractivity contribution is 5.92. The highest BCUT2D eigenvalue weighted by Gasteiger charge is 2.72. The molecule has 2 bridgehead atoms. The molecule has 1 saturated heterocycles. The number of alkyl halides is 3. The number of likely N-dealkylation sites (N-methyl/N-ethyl adjacent to an activating group) is 1. The molecule has 2 heterocycles. The predicted molar refractivity (Wildman–Crippen MR) is 144 cm³/mol. The highest BCUT2D eigenvalue weighted by Crippen LogP contribution is 2.65. The zero-order valence-corrected chi connectivity index (χ0v) is 23.8. The normalized spacial score (nSPS) is 26.9. The van der Waals surface area contributed by atoms with Gasteiger partial charge in [-0.2, -0.15) is 13.2 Å². The molecule has 1 spiro atoms. The minimum atomic E-state index is -5.45. The number of hydrogen-bond acceptors (Lipinski definition) is 11. The molecule has 0 radical (unpaired) electrons. The average Bonchev–Trinajstić information content (AvgIpc) is 3.35. The van der Waals surface area contributed by atoms with Crippen LogP contribution in [0, 0.1) is 0 Å². The van der Waals surface area contributed by atoms with Gasteiger partial charge in [0, 0.05) is 23.6 Å². The van der Waals surface area contributed by atoms with Gasteiger partial charge in [0.2, 0.25) is 6.10 Å². The SMILES string of the molecule is CN1CC[C@]23c4c5ccc(O)c4O[C@H]2C(OC(=O)CCC(=O)O[C@H](C(=O)OC(=O)C(F)(F)F)c2ccccc2)=CC[C@@]3(O)[C@H]1C5. The van der Waals surface area contributed by atoms with Gasteiger partial charge in [-0.15, -0.1) is 0 Å². The Bertz CT molecular complexity index is 1610. The fraction of sp³-hybridized carbons (Fsp3) is 0.419. The summed E-state index contributed by atoms with van der Waals surface area (Å²) in [6, 6.07) is 10.0. The smallest absolute Gasteiger partial charge is 0.491 e. The van der Waals surface area contributed by atoms with Crippen LogP contribution < -0.4 is 4.74 Å². The van der Waals surface area contributed by atoms with Crippen LogP contribution in [0.3, 0.4) is 0 Å². The second-order valence-electron chi connectivity index (χ2n) is 11.6. The van der Waals surface area contributed by atoms with Crippen molar-refractivity contribution < 1.29 is 61.5 Å². The van der Waals surface area contributed by atoms with Crippen molar-refractivity contribution in [2.45, 2.75) is 67.5 Å². The molecule has 2 aliphatic heterocycles. The second kappa shape index (κ2) is 10.9. The van der Waals surface area contributed by atoms with Crippen molar-refractivity contribution >= 4 is 23.9 Å². The van der Waals surface area contributed by atoms with Gasteiger partial charge in [-0.1, -0.05) is 36.4 Å². The van der Waals surface area contributed by atoms with Crippen LogP contribution in [0.25, 0.3) is 0 Å². The number of carbonyl (C=O) groups is 4. The molecule has 2 aromatic rings. The van der Waals surface area contributed by atoms with Gasteiger partial charge in [-0.05, 0) is 44.1 Å². The number of aromatic hydroxyl groups is 1. The van der Waals surface area contributed by atoms with E-state index in [1.54, 1.807) is 18.2 Å². The lowest BCUT2D eigenvalue weighted by Gasteiger charge is -2.61. The van der Waals surface area contributed by atoms with Crippen LogP contribution >= 0.6 is 0 Å². The Balaban J connectivity index is 1.15. The Kier molecular flexibility index (Phi) is 7.39. The summed E-state index contributed by atoms with van der Waals surface area (Å²) in [7, 11) is 1.93. The zero-order chi connectivity index (χ0) is 32.3. The number of phenolic OH excluding ortho intramolecular Hbond substituents is 1. The fourth-order valence-electron chi connectivity index (χ4n) is 7.10. The van der Waals surface area contributed by atoms with E-state index in [-0.39, 0.29) is 35.3 Å². The summed E-state index contributed by atoms with van der Waals surface area (Å²) in [5.74, 6) is -6.32. The Hall–Kier alpha value is -4.43. The van der Waals surface area contributed by atoms with E-state index in [1.807, 2.05) is 7.05 Å². The van der Waals surface area contributed by atoms with Crippen LogP contribution in [-0.2, 0) is 45.2 Å². The monoisotopic (exact) mass is 631 g/mol. The summed E-state index contributed by atoms with van der Waals surface area (Å²) in [5.41, 5.74) is -0.702. The van der Waals surface area contributed by atoms with E-state index < -0.39 is 66.1 Å². The Morgan fingerprint density at radius 2 is 1.80 bits per heavy atom. The lowest BCUT2D eigenvalue weighted by molar-refractivity contribution is -0.205. The number of benzene rings is 2. The number of ether oxygens (including phenoxy) is 4. The number of halogens is 3. The minimum absolute atomic E-state index is 0.0583. The van der Waals surface area contributed by atoms with E-state index in [0.717, 1.165) is 5.56 Å². The molecule has 2 N–H and O–H groups in total. The van der Waals surface area contributed by atoms with Crippen molar-refractivity contribution in [2.24, 2.45) is 0 Å². The van der Waals surface area contributed by atoms with Gasteiger partial charge in [0.15, 0.2) is 17.6 Å². The largest absolute Gasteiger partial charge is 0.504 e. The first kappa shape index (κ1) is 30.6. The molecule has 2 aromatic carbocycles. The number of aliphatic hydroxyl groups is 1. The predicted octanol–water partition coefficient (Wildman–Crippen LogP) is 2.91. The Morgan fingerprint density at radius 1 is 1.09 bits per heavy atom. The third kappa shape index (κ3) is 4.92. The third-order valence-electron chi connectivity index (χ3n) is 9.11. The van der Waals surface area contributed by atoms with E-state index in [2.05, 4.69) is 9.64 Å². The summed E-state index contributed by atoms with van der Waals surface area (Å²) in [5, 5.41) is 22.8. The molecule has 11 nitrogen and oxygen atoms in total. The first-order valence-corrected chi connectivity index (χ1v) is 14.2. The topological polar surface area (TPSA) is 149 Å². The van der Waals surface area contributed by atoms with Gasteiger partial charge in [0.1, 0.15) is 5.76 Å². The number of carbonyl (C=O) groups excluding carboxylic acids is 4. The molecule has 45 heavy (non-hydrogen) atoms. The summed E-state index contributed by atoms with van der Waals surface area (Å²) in [6.07, 6.45) is -6.87. The number of phenols is 1. The van der Waals surface area contributed by atoms with Crippen LogP contribution in [0.15, 0.2) is 54.3 Å². The van der Waals surface area contributed by atoms with Crippen molar-refractivity contribution in [3.05, 3.63) is 71.0 Å². The lowest BCUT2D eigenvalue weighted by Crippen LogP contribution is -2.74. The molecule has 5 atom stereocenters. The van der Waals surface area contributed by atoms with E-state index in [0.29, 0.717) is 24.9 Å². The maximum absolute atomic E-state index is 12.9. The first-order valence-electron chi connectivity index (χ1n) is 14.2. The molecule has 0 saturated carbocycles. The van der Waals surface area contributed by atoms with Gasteiger partial charge in [0.25, 0.3) is 0 Å². The molecule has 0 amide bonds. The Morgan fingerprint density at radius 3 is 2.51 bits per heavy atom. The van der Waals surface area contributed by atoms with Gasteiger partial charge >= 0.3 is 30.1 Å². The molecular formula is C31H28F3NO10. The van der Waals surface area contributed by atoms with Gasteiger partial charge < -0.3 is 34.1 Å². The van der Waals surface area contributed by atoms with Crippen molar-refractivity contribution in [1.29, 1.82) is 0 Å². The summed E-state index contributed by atoms with van der Waals surface area (Å²) in [6.45, 7) is 0.619. The van der Waals surface area contributed by atoms with Crippen molar-refractivity contribution in [1.82, 2.24) is 4.90 Å². The maximum atomic E-state index is 12.9. The molecule has 4 aliphatic rings. The Labute approximate surface area is 254 Å². The number of nitrogens with zero attached hydrogens (tertiary/aromatic N) is 1. The molecule has 1 fully saturated rings. The summed E-state index contributed by atoms with van der Waals surface area (Å²) in [4.78, 5) is 51.2. The van der Waals surface area contributed by atoms with Gasteiger partial charge in [-0.25, -0.2) is 9.59 Å². The number of piperidine rings is 1. The summed E-state index contributed by atoms with van der Waals surface area (Å²) < 4.78 is 58.7. The van der Waals surface area contributed by atoms with Gasteiger partial charge in [-0.3, -0.25) is 9.59 Å². The minimum Gasteiger partial charge on any atom is -0.504 e. The molecule has 0 unspecified atom stereocenters. The first-order chi connectivity index (χ1) is 21.3. The van der Waals surface area contributed by atoms with Crippen LogP contribution in [0.2, 0.25) is 0 Å². The van der Waals surface area contributed by atoms with Crippen LogP contribution in [0.4, 0.5) is 13.2 Å². The maximum Gasteiger partial charge on any atom is 0.491 e. The van der Waals surface area contributed by atoms with Crippen LogP contribution in [-0.4, -0.2) is 76.5 Å². The van der Waals surface area contributed by atoms with E-state index in [9.17, 15) is 42.6 Å². The third-order valence-corrected chi connectivity index (χ3v) is 9.11. The van der Waals surface area contributed by atoms with Crippen molar-refractivity contribution in [3.8, 4) is 11.5 Å². The molecular weight excluding hydrogens is 603 g/mol. The summed E-state index contributed by atoms with van der Waals surface area (Å²) >= 11 is 0. The lowest BCUT2D eigenvalue weighted by atomic mass is 9.50. The van der Waals surface area contributed by atoms with E-state index in [4.69, 9.17) is 14.2 Å². The standard InChI is InChI=1S/C31H28F3NO10/c1-35-14-13-29-23-17-7-8-18(36)25(23)44-26(29)19(11-12-30(29,41)20(35)15-17)42-21(37)9-10-22(38)43-24(16-5-3-2-4-6-16)27(39)45-28(40)31(32,33)34/h2-8,11,20,24,26,36,41H,9-10,12-15H2,1H3/t20-,24+,26+,29+,30-/m1/s1. The second-order valence-corrected chi connectivity index (χ2v) is 11.6. The fourth-order valence-corrected chi connectivity index (χ4v) is 7.10. The molecule has 238 valence electrons. The van der Waals surface area contributed by atoms with E-state index in [1.165, 1.54) is 30.3 Å². The average molecular weight is 632 g/mol. The highest BCUT2D eigenvalue weighted by atomic mass is 19.4. The van der Waals surface area contributed by atoms with Crippen molar-refractivity contribution in [2.75, 3.05) is 13.6 Å². The van der Waals surface area contributed by atoms with Gasteiger partial charge in [0.05, 0.1) is 23.9 Å². The number of esters is 4. The number of rotatable bonds is 7. The molecule has 0 aromatic heterocycles. The molecule has 14 heteroatoms. The molecule has 2 aliphatic carbocycles. The molecule has 6 rings (SSSR count). The van der Waals surface area contributed by atoms with Crippen LogP contribution in [0.5, 0.6) is 11.5 Å². The quantitative estimate of drug-likeness (QED) is 0.264. The zero-order valence-electron chi connectivity index (χ0n) is 23.8. The van der Waals surface area contributed by atoms with Crippen molar-refractivity contribution in [3.63, 3.8) is 0 Å².